The maximum Gasteiger partial charge on any atom is 0.0592 e. The van der Waals surface area contributed by atoms with Gasteiger partial charge in [0.25, 0.3) is 0 Å². The van der Waals surface area contributed by atoms with Crippen molar-refractivity contribution in [1.82, 2.24) is 9.88 Å². The lowest BCUT2D eigenvalue weighted by Crippen LogP contribution is -2.27. The fraction of sp³-hybridized carbons (Fsp3) is 0.583. The number of pyridine rings is 1. The first-order valence-electron chi connectivity index (χ1n) is 5.66. The van der Waals surface area contributed by atoms with E-state index >= 15 is 0 Å². The lowest BCUT2D eigenvalue weighted by atomic mass is 10.1. The summed E-state index contributed by atoms with van der Waals surface area (Å²) in [5.74, 6) is 0.787. The SMILES string of the molecule is CN1CCC(CN(C)c2ccncc2Br)C1. The molecule has 0 radical (unpaired) electrons. The molecule has 1 aromatic rings. The van der Waals surface area contributed by atoms with Gasteiger partial charge in [0.2, 0.25) is 0 Å². The fourth-order valence-corrected chi connectivity index (χ4v) is 2.89. The smallest absolute Gasteiger partial charge is 0.0592 e. The van der Waals surface area contributed by atoms with Crippen LogP contribution >= 0.6 is 15.9 Å². The molecule has 0 aliphatic carbocycles. The van der Waals surface area contributed by atoms with Crippen molar-refractivity contribution in [2.75, 3.05) is 38.6 Å². The highest BCUT2D eigenvalue weighted by atomic mass is 79.9. The number of hydrogen-bond donors (Lipinski definition) is 0. The highest BCUT2D eigenvalue weighted by Crippen LogP contribution is 2.25. The molecule has 0 amide bonds. The van der Waals surface area contributed by atoms with Crippen LogP contribution in [0.1, 0.15) is 6.42 Å². The lowest BCUT2D eigenvalue weighted by Gasteiger charge is -2.23. The number of likely N-dealkylation sites (tertiary alicyclic amines) is 1. The van der Waals surface area contributed by atoms with E-state index in [2.05, 4.69) is 50.9 Å². The van der Waals surface area contributed by atoms with Crippen molar-refractivity contribution in [3.05, 3.63) is 22.9 Å². The average Bonchev–Trinajstić information content (AvgIpc) is 2.64. The second kappa shape index (κ2) is 5.15. The van der Waals surface area contributed by atoms with Crippen LogP contribution in [-0.2, 0) is 0 Å². The Hall–Kier alpha value is -0.610. The number of halogens is 1. The van der Waals surface area contributed by atoms with Crippen LogP contribution in [0.3, 0.4) is 0 Å². The van der Waals surface area contributed by atoms with Gasteiger partial charge in [-0.1, -0.05) is 0 Å². The molecule has 3 nitrogen and oxygen atoms in total. The van der Waals surface area contributed by atoms with Crippen molar-refractivity contribution in [3.63, 3.8) is 0 Å². The molecule has 2 rings (SSSR count). The third-order valence-electron chi connectivity index (χ3n) is 3.18. The predicted molar refractivity (Wildman–Crippen MR) is 70.8 cm³/mol. The predicted octanol–water partition coefficient (Wildman–Crippen LogP) is 2.23. The summed E-state index contributed by atoms with van der Waals surface area (Å²) in [6.45, 7) is 3.57. The molecule has 0 spiro atoms. The van der Waals surface area contributed by atoms with Crippen molar-refractivity contribution < 1.29 is 0 Å². The van der Waals surface area contributed by atoms with Gasteiger partial charge in [0.1, 0.15) is 0 Å². The Morgan fingerprint density at radius 3 is 3.06 bits per heavy atom. The summed E-state index contributed by atoms with van der Waals surface area (Å²) in [5, 5.41) is 0. The van der Waals surface area contributed by atoms with Crippen LogP contribution in [0.2, 0.25) is 0 Å². The highest BCUT2D eigenvalue weighted by Gasteiger charge is 2.21. The Balaban J connectivity index is 1.98. The second-order valence-electron chi connectivity index (χ2n) is 4.62. The van der Waals surface area contributed by atoms with Crippen LogP contribution in [-0.4, -0.2) is 43.6 Å². The molecule has 0 aromatic carbocycles. The van der Waals surface area contributed by atoms with E-state index in [1.54, 1.807) is 0 Å². The van der Waals surface area contributed by atoms with Crippen LogP contribution in [0, 0.1) is 5.92 Å². The summed E-state index contributed by atoms with van der Waals surface area (Å²) in [5.41, 5.74) is 1.23. The Bertz CT molecular complexity index is 356. The molecule has 2 heterocycles. The minimum absolute atomic E-state index is 0.787. The molecule has 1 saturated heterocycles. The van der Waals surface area contributed by atoms with Crippen LogP contribution < -0.4 is 4.90 Å². The Morgan fingerprint density at radius 2 is 2.44 bits per heavy atom. The molecule has 0 N–H and O–H groups in total. The number of rotatable bonds is 3. The topological polar surface area (TPSA) is 19.4 Å². The molecule has 4 heteroatoms. The summed E-state index contributed by atoms with van der Waals surface area (Å²) < 4.78 is 1.07. The number of aromatic nitrogens is 1. The molecule has 1 atom stereocenters. The quantitative estimate of drug-likeness (QED) is 0.848. The van der Waals surface area contributed by atoms with Crippen LogP contribution in [0.25, 0.3) is 0 Å². The van der Waals surface area contributed by atoms with Gasteiger partial charge in [-0.25, -0.2) is 0 Å². The average molecular weight is 284 g/mol. The monoisotopic (exact) mass is 283 g/mol. The lowest BCUT2D eigenvalue weighted by molar-refractivity contribution is 0.396. The van der Waals surface area contributed by atoms with E-state index in [0.29, 0.717) is 0 Å². The molecule has 1 aliphatic rings. The van der Waals surface area contributed by atoms with Crippen molar-refractivity contribution in [2.45, 2.75) is 6.42 Å². The zero-order valence-corrected chi connectivity index (χ0v) is 11.4. The van der Waals surface area contributed by atoms with E-state index in [9.17, 15) is 0 Å². The van der Waals surface area contributed by atoms with Gasteiger partial charge in [-0.05, 0) is 47.9 Å². The summed E-state index contributed by atoms with van der Waals surface area (Å²) in [7, 11) is 4.35. The van der Waals surface area contributed by atoms with E-state index in [-0.39, 0.29) is 0 Å². The molecule has 1 fully saturated rings. The van der Waals surface area contributed by atoms with Crippen molar-refractivity contribution in [2.24, 2.45) is 5.92 Å². The van der Waals surface area contributed by atoms with Gasteiger partial charge < -0.3 is 9.80 Å². The number of anilines is 1. The van der Waals surface area contributed by atoms with Gasteiger partial charge in [-0.3, -0.25) is 4.98 Å². The number of nitrogens with zero attached hydrogens (tertiary/aromatic N) is 3. The zero-order valence-electron chi connectivity index (χ0n) is 9.86. The van der Waals surface area contributed by atoms with Gasteiger partial charge >= 0.3 is 0 Å². The largest absolute Gasteiger partial charge is 0.373 e. The van der Waals surface area contributed by atoms with Gasteiger partial charge in [-0.2, -0.15) is 0 Å². The third-order valence-corrected chi connectivity index (χ3v) is 3.79. The molecular weight excluding hydrogens is 266 g/mol. The fourth-order valence-electron chi connectivity index (χ4n) is 2.34. The molecule has 1 aromatic heterocycles. The van der Waals surface area contributed by atoms with E-state index in [1.807, 2.05) is 12.4 Å². The summed E-state index contributed by atoms with van der Waals surface area (Å²) >= 11 is 3.54. The normalized spacial score (nSPS) is 21.3. The molecule has 16 heavy (non-hydrogen) atoms. The minimum atomic E-state index is 0.787. The number of hydrogen-bond acceptors (Lipinski definition) is 3. The zero-order chi connectivity index (χ0) is 11.5. The van der Waals surface area contributed by atoms with E-state index in [4.69, 9.17) is 0 Å². The van der Waals surface area contributed by atoms with E-state index in [0.717, 1.165) is 16.9 Å². The van der Waals surface area contributed by atoms with Crippen LogP contribution in [0.15, 0.2) is 22.9 Å². The summed E-state index contributed by atoms with van der Waals surface area (Å²) in [4.78, 5) is 8.81. The van der Waals surface area contributed by atoms with Gasteiger partial charge in [0.05, 0.1) is 10.2 Å². The summed E-state index contributed by atoms with van der Waals surface area (Å²) in [6.07, 6.45) is 5.01. The maximum absolute atomic E-state index is 4.09. The first-order valence-corrected chi connectivity index (χ1v) is 6.45. The molecule has 0 saturated carbocycles. The van der Waals surface area contributed by atoms with Crippen LogP contribution in [0.5, 0.6) is 0 Å². The Morgan fingerprint density at radius 1 is 1.62 bits per heavy atom. The Labute approximate surface area is 106 Å². The third kappa shape index (κ3) is 2.74. The standard InChI is InChI=1S/C12H18BrN3/c1-15-6-4-10(8-15)9-16(2)12-3-5-14-7-11(12)13/h3,5,7,10H,4,6,8-9H2,1-2H3. The van der Waals surface area contributed by atoms with Crippen molar-refractivity contribution in [3.8, 4) is 0 Å². The molecule has 0 bridgehead atoms. The van der Waals surface area contributed by atoms with Gasteiger partial charge in [0, 0.05) is 32.5 Å². The van der Waals surface area contributed by atoms with E-state index < -0.39 is 0 Å². The molecular formula is C12H18BrN3. The maximum atomic E-state index is 4.09. The Kier molecular flexibility index (Phi) is 3.82. The molecule has 1 unspecified atom stereocenters. The minimum Gasteiger partial charge on any atom is -0.373 e. The van der Waals surface area contributed by atoms with Gasteiger partial charge in [-0.15, -0.1) is 0 Å². The summed E-state index contributed by atoms with van der Waals surface area (Å²) in [6, 6.07) is 2.06. The second-order valence-corrected chi connectivity index (χ2v) is 5.48. The van der Waals surface area contributed by atoms with E-state index in [1.165, 1.54) is 25.2 Å². The molecule has 1 aliphatic heterocycles. The van der Waals surface area contributed by atoms with Crippen molar-refractivity contribution in [1.29, 1.82) is 0 Å². The first kappa shape index (κ1) is 11.9. The van der Waals surface area contributed by atoms with Crippen LogP contribution in [0.4, 0.5) is 5.69 Å². The van der Waals surface area contributed by atoms with Crippen molar-refractivity contribution >= 4 is 21.6 Å². The molecule has 88 valence electrons. The first-order chi connectivity index (χ1) is 7.66. The van der Waals surface area contributed by atoms with Gasteiger partial charge in [0.15, 0.2) is 0 Å². The highest BCUT2D eigenvalue weighted by molar-refractivity contribution is 9.10.